The first-order valence-corrected chi connectivity index (χ1v) is 8.85. The number of amides is 3. The van der Waals surface area contributed by atoms with Crippen molar-refractivity contribution in [1.29, 1.82) is 0 Å². The second-order valence-electron chi connectivity index (χ2n) is 7.00. The summed E-state index contributed by atoms with van der Waals surface area (Å²) >= 11 is 0. The van der Waals surface area contributed by atoms with Gasteiger partial charge in [0.05, 0.1) is 0 Å². The van der Waals surface area contributed by atoms with Crippen LogP contribution in [0, 0.1) is 0 Å². The summed E-state index contributed by atoms with van der Waals surface area (Å²) in [6.45, 7) is 6.48. The number of anilines is 2. The molecule has 0 aromatic heterocycles. The van der Waals surface area contributed by atoms with E-state index in [9.17, 15) is 19.2 Å². The highest BCUT2D eigenvalue weighted by atomic mass is 16.6. The van der Waals surface area contributed by atoms with Crippen molar-refractivity contribution in [1.82, 2.24) is 5.32 Å². The van der Waals surface area contributed by atoms with Crippen LogP contribution in [0.15, 0.2) is 24.3 Å². The highest BCUT2D eigenvalue weighted by molar-refractivity contribution is 5.94. The Balaban J connectivity index is 2.25. The molecular weight excluding hydrogens is 366 g/mol. The van der Waals surface area contributed by atoms with Crippen LogP contribution in [0.4, 0.5) is 16.2 Å². The highest BCUT2D eigenvalue weighted by Gasteiger charge is 2.15. The molecule has 0 fully saturated rings. The molecule has 154 valence electrons. The number of hydrogen-bond donors (Lipinski definition) is 3. The van der Waals surface area contributed by atoms with Gasteiger partial charge in [0.25, 0.3) is 5.91 Å². The Morgan fingerprint density at radius 3 is 2.29 bits per heavy atom. The molecule has 0 saturated heterocycles. The number of carbonyl (C=O) groups excluding carboxylic acids is 4. The topological polar surface area (TPSA) is 123 Å². The van der Waals surface area contributed by atoms with Crippen LogP contribution < -0.4 is 16.0 Å². The molecule has 0 spiro atoms. The fourth-order valence-electron chi connectivity index (χ4n) is 2.03. The molecule has 9 heteroatoms. The smallest absolute Gasteiger partial charge is 0.407 e. The van der Waals surface area contributed by atoms with Crippen LogP contribution in [0.1, 0.15) is 40.5 Å². The Morgan fingerprint density at radius 2 is 1.68 bits per heavy atom. The van der Waals surface area contributed by atoms with E-state index in [1.165, 1.54) is 6.92 Å². The number of hydrogen-bond acceptors (Lipinski definition) is 6. The zero-order valence-corrected chi connectivity index (χ0v) is 16.6. The Kier molecular flexibility index (Phi) is 8.94. The number of alkyl carbamates (subject to hydrolysis) is 1. The van der Waals surface area contributed by atoms with Gasteiger partial charge in [-0.25, -0.2) is 4.79 Å². The minimum absolute atomic E-state index is 0.0566. The quantitative estimate of drug-likeness (QED) is 0.460. The van der Waals surface area contributed by atoms with Crippen LogP contribution in [-0.2, 0) is 23.9 Å². The summed E-state index contributed by atoms with van der Waals surface area (Å²) in [5.41, 5.74) is 0.423. The van der Waals surface area contributed by atoms with E-state index >= 15 is 0 Å². The molecular formula is C19H27N3O6. The SMILES string of the molecule is CC(=O)Nc1cccc(NC(=O)COC(=O)CCCNC(=O)OC(C)(C)C)c1. The van der Waals surface area contributed by atoms with E-state index in [1.807, 2.05) is 0 Å². The number of carbonyl (C=O) groups is 4. The molecule has 3 N–H and O–H groups in total. The van der Waals surface area contributed by atoms with Crippen LogP contribution in [0.25, 0.3) is 0 Å². The van der Waals surface area contributed by atoms with Gasteiger partial charge in [0.15, 0.2) is 6.61 Å². The fraction of sp³-hybridized carbons (Fsp3) is 0.474. The summed E-state index contributed by atoms with van der Waals surface area (Å²) in [7, 11) is 0. The van der Waals surface area contributed by atoms with E-state index in [-0.39, 0.29) is 18.9 Å². The van der Waals surface area contributed by atoms with Crippen LogP contribution >= 0.6 is 0 Å². The maximum Gasteiger partial charge on any atom is 0.407 e. The summed E-state index contributed by atoms with van der Waals surface area (Å²) in [5.74, 6) is -1.27. The summed E-state index contributed by atoms with van der Waals surface area (Å²) in [6, 6.07) is 6.59. The molecule has 28 heavy (non-hydrogen) atoms. The largest absolute Gasteiger partial charge is 0.456 e. The van der Waals surface area contributed by atoms with Crippen LogP contribution in [0.2, 0.25) is 0 Å². The number of esters is 1. The molecule has 0 aliphatic heterocycles. The summed E-state index contributed by atoms with van der Waals surface area (Å²) < 4.78 is 9.96. The van der Waals surface area contributed by atoms with E-state index in [2.05, 4.69) is 16.0 Å². The molecule has 0 bridgehead atoms. The molecule has 0 unspecified atom stereocenters. The number of benzene rings is 1. The standard InChI is InChI=1S/C19H27N3O6/c1-13(23)21-14-7-5-8-15(11-14)22-16(24)12-27-17(25)9-6-10-20-18(26)28-19(2,3)4/h5,7-8,11H,6,9-10,12H2,1-4H3,(H,20,26)(H,21,23)(H,22,24). The third-order valence-corrected chi connectivity index (χ3v) is 3.06. The number of rotatable bonds is 8. The fourth-order valence-corrected chi connectivity index (χ4v) is 2.03. The first-order chi connectivity index (χ1) is 13.0. The molecule has 0 radical (unpaired) electrons. The Hall–Kier alpha value is -3.10. The zero-order chi connectivity index (χ0) is 21.2. The lowest BCUT2D eigenvalue weighted by Gasteiger charge is -2.19. The normalized spacial score (nSPS) is 10.6. The lowest BCUT2D eigenvalue weighted by atomic mass is 10.2. The number of nitrogens with one attached hydrogen (secondary N) is 3. The third-order valence-electron chi connectivity index (χ3n) is 3.06. The molecule has 0 heterocycles. The number of ether oxygens (including phenoxy) is 2. The van der Waals surface area contributed by atoms with Gasteiger partial charge in [-0.3, -0.25) is 14.4 Å². The maximum absolute atomic E-state index is 11.9. The van der Waals surface area contributed by atoms with Crippen molar-refractivity contribution in [2.45, 2.75) is 46.1 Å². The molecule has 1 aromatic carbocycles. The van der Waals surface area contributed by atoms with E-state index in [4.69, 9.17) is 9.47 Å². The molecule has 1 aromatic rings. The Bertz CT molecular complexity index is 712. The van der Waals surface area contributed by atoms with Crippen molar-refractivity contribution in [3.63, 3.8) is 0 Å². The van der Waals surface area contributed by atoms with E-state index in [1.54, 1.807) is 45.0 Å². The van der Waals surface area contributed by atoms with Crippen molar-refractivity contribution in [2.24, 2.45) is 0 Å². The average Bonchev–Trinajstić information content (AvgIpc) is 2.55. The van der Waals surface area contributed by atoms with Gasteiger partial charge in [0.2, 0.25) is 5.91 Å². The summed E-state index contributed by atoms with van der Waals surface area (Å²) in [5, 5.41) is 7.71. The second-order valence-corrected chi connectivity index (χ2v) is 7.00. The van der Waals surface area contributed by atoms with Gasteiger partial charge < -0.3 is 25.4 Å². The summed E-state index contributed by atoms with van der Waals surface area (Å²) in [6.07, 6.45) is -0.138. The van der Waals surface area contributed by atoms with Gasteiger partial charge in [-0.1, -0.05) is 6.07 Å². The monoisotopic (exact) mass is 393 g/mol. The van der Waals surface area contributed by atoms with Crippen molar-refractivity contribution in [3.05, 3.63) is 24.3 Å². The van der Waals surface area contributed by atoms with Gasteiger partial charge in [0.1, 0.15) is 5.60 Å². The van der Waals surface area contributed by atoms with E-state index < -0.39 is 30.2 Å². The zero-order valence-electron chi connectivity index (χ0n) is 16.6. The first-order valence-electron chi connectivity index (χ1n) is 8.85. The average molecular weight is 393 g/mol. The molecule has 9 nitrogen and oxygen atoms in total. The summed E-state index contributed by atoms with van der Waals surface area (Å²) in [4.78, 5) is 46.0. The minimum Gasteiger partial charge on any atom is -0.456 e. The van der Waals surface area contributed by atoms with Crippen LogP contribution in [0.5, 0.6) is 0 Å². The predicted molar refractivity (Wildman–Crippen MR) is 104 cm³/mol. The van der Waals surface area contributed by atoms with Gasteiger partial charge in [0, 0.05) is 31.3 Å². The molecule has 0 aliphatic carbocycles. The van der Waals surface area contributed by atoms with Gasteiger partial charge in [-0.15, -0.1) is 0 Å². The lowest BCUT2D eigenvalue weighted by Crippen LogP contribution is -2.33. The molecule has 0 aliphatic rings. The Labute approximate surface area is 164 Å². The molecule has 0 atom stereocenters. The molecule has 1 rings (SSSR count). The lowest BCUT2D eigenvalue weighted by molar-refractivity contribution is -0.147. The van der Waals surface area contributed by atoms with E-state index in [0.717, 1.165) is 0 Å². The van der Waals surface area contributed by atoms with Gasteiger partial charge in [-0.2, -0.15) is 0 Å². The van der Waals surface area contributed by atoms with Gasteiger partial charge >= 0.3 is 12.1 Å². The van der Waals surface area contributed by atoms with Crippen molar-refractivity contribution >= 4 is 35.3 Å². The first kappa shape index (κ1) is 22.9. The Morgan fingerprint density at radius 1 is 1.04 bits per heavy atom. The molecule has 3 amide bonds. The van der Waals surface area contributed by atoms with Crippen molar-refractivity contribution in [2.75, 3.05) is 23.8 Å². The molecule has 0 saturated carbocycles. The van der Waals surface area contributed by atoms with Crippen LogP contribution in [-0.4, -0.2) is 42.6 Å². The minimum atomic E-state index is -0.585. The van der Waals surface area contributed by atoms with E-state index in [0.29, 0.717) is 17.8 Å². The van der Waals surface area contributed by atoms with Crippen LogP contribution in [0.3, 0.4) is 0 Å². The highest BCUT2D eigenvalue weighted by Crippen LogP contribution is 2.15. The van der Waals surface area contributed by atoms with Crippen molar-refractivity contribution in [3.8, 4) is 0 Å². The van der Waals surface area contributed by atoms with Crippen molar-refractivity contribution < 1.29 is 28.7 Å². The predicted octanol–water partition coefficient (Wildman–Crippen LogP) is 2.43. The third kappa shape index (κ3) is 10.8. The second kappa shape index (κ2) is 10.9. The maximum atomic E-state index is 11.9. The van der Waals surface area contributed by atoms with Gasteiger partial charge in [-0.05, 0) is 45.4 Å².